The van der Waals surface area contributed by atoms with Gasteiger partial charge in [0.1, 0.15) is 0 Å². The highest BCUT2D eigenvalue weighted by Crippen LogP contribution is 2.13. The summed E-state index contributed by atoms with van der Waals surface area (Å²) in [6.45, 7) is 3.64. The molecular formula is C15H20N4O2. The molecule has 2 atom stereocenters. The first-order valence-corrected chi connectivity index (χ1v) is 7.17. The number of nitrogens with one attached hydrogen (secondary N) is 2. The van der Waals surface area contributed by atoms with Crippen LogP contribution < -0.4 is 10.6 Å². The molecular weight excluding hydrogens is 268 g/mol. The zero-order valence-electron chi connectivity index (χ0n) is 12.3. The number of carbonyl (C=O) groups excluding carboxylic acids is 1. The number of hydrogen-bond donors (Lipinski definition) is 2. The zero-order valence-corrected chi connectivity index (χ0v) is 12.3. The minimum absolute atomic E-state index is 0.0170. The third kappa shape index (κ3) is 2.77. The number of nitrogens with zero attached hydrogens (tertiary/aromatic N) is 2. The van der Waals surface area contributed by atoms with Gasteiger partial charge in [-0.3, -0.25) is 4.79 Å². The monoisotopic (exact) mass is 288 g/mol. The second-order valence-electron chi connectivity index (χ2n) is 5.44. The van der Waals surface area contributed by atoms with E-state index in [0.717, 1.165) is 30.6 Å². The molecule has 21 heavy (non-hydrogen) atoms. The molecule has 1 aliphatic rings. The average Bonchev–Trinajstić information content (AvgIpc) is 2.90. The van der Waals surface area contributed by atoms with E-state index in [0.29, 0.717) is 5.56 Å². The van der Waals surface area contributed by atoms with Crippen LogP contribution in [0.2, 0.25) is 0 Å². The lowest BCUT2D eigenvalue weighted by molar-refractivity contribution is 0.0448. The van der Waals surface area contributed by atoms with Crippen LogP contribution in [0.1, 0.15) is 22.3 Å². The summed E-state index contributed by atoms with van der Waals surface area (Å²) in [5.41, 5.74) is 2.51. The topological polar surface area (TPSA) is 67.7 Å². The first-order chi connectivity index (χ1) is 10.2. The Morgan fingerprint density at radius 2 is 2.38 bits per heavy atom. The predicted molar refractivity (Wildman–Crippen MR) is 79.5 cm³/mol. The molecule has 0 radical (unpaired) electrons. The maximum Gasteiger partial charge on any atom is 0.255 e. The van der Waals surface area contributed by atoms with Crippen LogP contribution in [0, 0.1) is 6.92 Å². The Morgan fingerprint density at radius 3 is 3.19 bits per heavy atom. The average molecular weight is 288 g/mol. The number of fused-ring (bicyclic) bond motifs is 1. The molecule has 3 rings (SSSR count). The third-order valence-corrected chi connectivity index (χ3v) is 3.95. The fourth-order valence-corrected chi connectivity index (χ4v) is 2.77. The number of pyridine rings is 1. The normalized spacial score (nSPS) is 22.4. The van der Waals surface area contributed by atoms with E-state index in [1.807, 2.05) is 25.3 Å². The highest BCUT2D eigenvalue weighted by molar-refractivity contribution is 6.00. The van der Waals surface area contributed by atoms with Gasteiger partial charge in [0, 0.05) is 19.9 Å². The SMILES string of the molecule is CO[C@@H]1CCNC[C@@H]1NC(=O)c1cnn2cc(C)ccc12. The Hall–Kier alpha value is -1.92. The smallest absolute Gasteiger partial charge is 0.255 e. The lowest BCUT2D eigenvalue weighted by Crippen LogP contribution is -2.54. The maximum absolute atomic E-state index is 12.5. The molecule has 1 fully saturated rings. The highest BCUT2D eigenvalue weighted by atomic mass is 16.5. The van der Waals surface area contributed by atoms with Crippen LogP contribution >= 0.6 is 0 Å². The molecule has 0 aromatic carbocycles. The molecule has 2 aromatic heterocycles. The van der Waals surface area contributed by atoms with Crippen molar-refractivity contribution in [2.45, 2.75) is 25.5 Å². The van der Waals surface area contributed by atoms with Gasteiger partial charge < -0.3 is 15.4 Å². The molecule has 0 bridgehead atoms. The Kier molecular flexibility index (Phi) is 3.90. The van der Waals surface area contributed by atoms with E-state index in [4.69, 9.17) is 4.74 Å². The third-order valence-electron chi connectivity index (χ3n) is 3.95. The van der Waals surface area contributed by atoms with Gasteiger partial charge in [0.05, 0.1) is 29.4 Å². The lowest BCUT2D eigenvalue weighted by Gasteiger charge is -2.31. The van der Waals surface area contributed by atoms with Gasteiger partial charge in [0.25, 0.3) is 5.91 Å². The van der Waals surface area contributed by atoms with Crippen molar-refractivity contribution in [2.75, 3.05) is 20.2 Å². The number of piperidine rings is 1. The van der Waals surface area contributed by atoms with Gasteiger partial charge in [-0.25, -0.2) is 4.52 Å². The van der Waals surface area contributed by atoms with E-state index in [2.05, 4.69) is 15.7 Å². The largest absolute Gasteiger partial charge is 0.379 e. The maximum atomic E-state index is 12.5. The predicted octanol–water partition coefficient (Wildman–Crippen LogP) is 0.749. The summed E-state index contributed by atoms with van der Waals surface area (Å²) in [7, 11) is 1.69. The summed E-state index contributed by atoms with van der Waals surface area (Å²) in [4.78, 5) is 12.5. The lowest BCUT2D eigenvalue weighted by atomic mass is 10.0. The van der Waals surface area contributed by atoms with Gasteiger partial charge >= 0.3 is 0 Å². The molecule has 6 nitrogen and oxygen atoms in total. The van der Waals surface area contributed by atoms with E-state index in [-0.39, 0.29) is 18.1 Å². The van der Waals surface area contributed by atoms with E-state index in [1.54, 1.807) is 17.8 Å². The van der Waals surface area contributed by atoms with Crippen LogP contribution in [-0.4, -0.2) is 47.9 Å². The minimum Gasteiger partial charge on any atom is -0.379 e. The van der Waals surface area contributed by atoms with Gasteiger partial charge in [-0.05, 0) is 31.5 Å². The van der Waals surface area contributed by atoms with Crippen LogP contribution in [0.4, 0.5) is 0 Å². The fraction of sp³-hybridized carbons (Fsp3) is 0.467. The van der Waals surface area contributed by atoms with Crippen molar-refractivity contribution in [1.29, 1.82) is 0 Å². The number of amides is 1. The van der Waals surface area contributed by atoms with Crippen LogP contribution in [0.25, 0.3) is 5.52 Å². The Bertz CT molecular complexity index is 652. The molecule has 0 spiro atoms. The Labute approximate surface area is 123 Å². The molecule has 1 aliphatic heterocycles. The number of hydrogen-bond acceptors (Lipinski definition) is 4. The molecule has 0 unspecified atom stereocenters. The molecule has 0 aliphatic carbocycles. The van der Waals surface area contributed by atoms with Gasteiger partial charge in [-0.1, -0.05) is 6.07 Å². The second-order valence-corrected chi connectivity index (χ2v) is 5.44. The van der Waals surface area contributed by atoms with Crippen LogP contribution in [0.15, 0.2) is 24.5 Å². The highest BCUT2D eigenvalue weighted by Gasteiger charge is 2.27. The summed E-state index contributed by atoms with van der Waals surface area (Å²) in [6.07, 6.45) is 4.48. The zero-order chi connectivity index (χ0) is 14.8. The van der Waals surface area contributed by atoms with Gasteiger partial charge in [0.15, 0.2) is 0 Å². The number of aromatic nitrogens is 2. The number of carbonyl (C=O) groups is 1. The molecule has 2 N–H and O–H groups in total. The summed E-state index contributed by atoms with van der Waals surface area (Å²) in [5.74, 6) is -0.107. The van der Waals surface area contributed by atoms with Crippen LogP contribution in [-0.2, 0) is 4.74 Å². The van der Waals surface area contributed by atoms with E-state index >= 15 is 0 Å². The van der Waals surface area contributed by atoms with Crippen molar-refractivity contribution in [1.82, 2.24) is 20.2 Å². The standard InChI is InChI=1S/C15H20N4O2/c1-10-3-4-13-11(7-17-19(13)9-10)15(20)18-12-8-16-6-5-14(12)21-2/h3-4,7,9,12,14,16H,5-6,8H2,1-2H3,(H,18,20)/t12-,14+/m0/s1. The summed E-state index contributed by atoms with van der Waals surface area (Å²) < 4.78 is 7.18. The van der Waals surface area contributed by atoms with Crippen molar-refractivity contribution in [3.63, 3.8) is 0 Å². The number of methoxy groups -OCH3 is 1. The molecule has 112 valence electrons. The Balaban J connectivity index is 1.80. The first kappa shape index (κ1) is 14.0. The quantitative estimate of drug-likeness (QED) is 0.874. The Morgan fingerprint density at radius 1 is 1.52 bits per heavy atom. The van der Waals surface area contributed by atoms with Crippen molar-refractivity contribution in [3.05, 3.63) is 35.7 Å². The van der Waals surface area contributed by atoms with E-state index < -0.39 is 0 Å². The van der Waals surface area contributed by atoms with Gasteiger partial charge in [-0.15, -0.1) is 0 Å². The molecule has 1 amide bonds. The number of rotatable bonds is 3. The van der Waals surface area contributed by atoms with Crippen LogP contribution in [0.3, 0.4) is 0 Å². The summed E-state index contributed by atoms with van der Waals surface area (Å²) >= 11 is 0. The molecule has 2 aromatic rings. The van der Waals surface area contributed by atoms with Crippen molar-refractivity contribution >= 4 is 11.4 Å². The van der Waals surface area contributed by atoms with E-state index in [1.165, 1.54) is 0 Å². The van der Waals surface area contributed by atoms with Crippen molar-refractivity contribution in [3.8, 4) is 0 Å². The number of ether oxygens (including phenoxy) is 1. The summed E-state index contributed by atoms with van der Waals surface area (Å²) in [6, 6.07) is 3.88. The minimum atomic E-state index is -0.107. The molecule has 6 heteroatoms. The van der Waals surface area contributed by atoms with Crippen molar-refractivity contribution in [2.24, 2.45) is 0 Å². The second kappa shape index (κ2) is 5.83. The summed E-state index contributed by atoms with van der Waals surface area (Å²) in [5, 5.41) is 10.6. The number of aryl methyl sites for hydroxylation is 1. The van der Waals surface area contributed by atoms with Gasteiger partial charge in [-0.2, -0.15) is 5.10 Å². The van der Waals surface area contributed by atoms with Crippen LogP contribution in [0.5, 0.6) is 0 Å². The first-order valence-electron chi connectivity index (χ1n) is 7.17. The van der Waals surface area contributed by atoms with Crippen molar-refractivity contribution < 1.29 is 9.53 Å². The molecule has 3 heterocycles. The fourth-order valence-electron chi connectivity index (χ4n) is 2.77. The van der Waals surface area contributed by atoms with E-state index in [9.17, 15) is 4.79 Å². The van der Waals surface area contributed by atoms with Gasteiger partial charge in [0.2, 0.25) is 0 Å². The molecule has 0 saturated carbocycles. The molecule has 1 saturated heterocycles.